The van der Waals surface area contributed by atoms with E-state index in [0.717, 1.165) is 19.3 Å². The van der Waals surface area contributed by atoms with Gasteiger partial charge >= 0.3 is 0 Å². The van der Waals surface area contributed by atoms with E-state index >= 15 is 0 Å². The van der Waals surface area contributed by atoms with Gasteiger partial charge < -0.3 is 4.90 Å². The lowest BCUT2D eigenvalue weighted by atomic mass is 9.87. The van der Waals surface area contributed by atoms with E-state index in [1.165, 1.54) is 12.3 Å². The van der Waals surface area contributed by atoms with Crippen LogP contribution in [0.4, 0.5) is 5.69 Å². The predicted molar refractivity (Wildman–Crippen MR) is 83.8 cm³/mol. The van der Waals surface area contributed by atoms with Crippen LogP contribution in [0.5, 0.6) is 0 Å². The van der Waals surface area contributed by atoms with Crippen molar-refractivity contribution in [2.75, 3.05) is 6.54 Å². The van der Waals surface area contributed by atoms with Gasteiger partial charge in [0.25, 0.3) is 11.6 Å². The number of nitrogens with zero attached hydrogens (tertiary/aromatic N) is 3. The Bertz CT molecular complexity index is 593. The van der Waals surface area contributed by atoms with Gasteiger partial charge in [-0.25, -0.2) is 0 Å². The summed E-state index contributed by atoms with van der Waals surface area (Å²) in [5.74, 6) is -0.138. The SMILES string of the molecule is Cc1ncc([N+](=O)[O-])cc1C(=O)N1CCC[C@@H]1CC(C)(C)C. The monoisotopic (exact) mass is 305 g/mol. The van der Waals surface area contributed by atoms with E-state index in [1.54, 1.807) is 6.92 Å². The van der Waals surface area contributed by atoms with Gasteiger partial charge in [-0.2, -0.15) is 0 Å². The number of nitro groups is 1. The second-order valence-corrected chi connectivity index (χ2v) is 7.14. The van der Waals surface area contributed by atoms with Gasteiger partial charge in [-0.05, 0) is 31.6 Å². The smallest absolute Gasteiger partial charge is 0.288 e. The number of rotatable bonds is 3. The summed E-state index contributed by atoms with van der Waals surface area (Å²) in [5, 5.41) is 10.9. The van der Waals surface area contributed by atoms with E-state index in [4.69, 9.17) is 0 Å². The minimum Gasteiger partial charge on any atom is -0.336 e. The average Bonchev–Trinajstić information content (AvgIpc) is 2.84. The fourth-order valence-corrected chi connectivity index (χ4v) is 3.02. The van der Waals surface area contributed by atoms with Crippen molar-refractivity contribution in [2.24, 2.45) is 5.41 Å². The molecule has 0 aromatic carbocycles. The molecule has 22 heavy (non-hydrogen) atoms. The molecule has 0 radical (unpaired) electrons. The lowest BCUT2D eigenvalue weighted by Gasteiger charge is -2.30. The quantitative estimate of drug-likeness (QED) is 0.634. The summed E-state index contributed by atoms with van der Waals surface area (Å²) in [5.41, 5.74) is 0.885. The van der Waals surface area contributed by atoms with Crippen LogP contribution in [0.1, 0.15) is 56.1 Å². The second kappa shape index (κ2) is 6.02. The maximum absolute atomic E-state index is 12.8. The number of hydrogen-bond acceptors (Lipinski definition) is 4. The normalized spacial score (nSPS) is 18.5. The molecule has 1 saturated heterocycles. The van der Waals surface area contributed by atoms with E-state index in [1.807, 2.05) is 4.90 Å². The highest BCUT2D eigenvalue weighted by atomic mass is 16.6. The first-order chi connectivity index (χ1) is 10.2. The molecule has 1 aliphatic rings. The number of carbonyl (C=O) groups is 1. The van der Waals surface area contributed by atoms with E-state index in [0.29, 0.717) is 17.8 Å². The van der Waals surface area contributed by atoms with Gasteiger partial charge in [0.15, 0.2) is 0 Å². The number of likely N-dealkylation sites (tertiary alicyclic amines) is 1. The zero-order chi connectivity index (χ0) is 16.5. The lowest BCUT2D eigenvalue weighted by Crippen LogP contribution is -2.38. The maximum atomic E-state index is 12.8. The summed E-state index contributed by atoms with van der Waals surface area (Å²) >= 11 is 0. The third kappa shape index (κ3) is 3.61. The lowest BCUT2D eigenvalue weighted by molar-refractivity contribution is -0.385. The van der Waals surface area contributed by atoms with Crippen LogP contribution in [0.15, 0.2) is 12.3 Å². The molecule has 1 aromatic rings. The zero-order valence-electron chi connectivity index (χ0n) is 13.6. The van der Waals surface area contributed by atoms with Crippen molar-refractivity contribution < 1.29 is 9.72 Å². The average molecular weight is 305 g/mol. The number of hydrogen-bond donors (Lipinski definition) is 0. The zero-order valence-corrected chi connectivity index (χ0v) is 13.6. The van der Waals surface area contributed by atoms with Gasteiger partial charge in [0.05, 0.1) is 16.2 Å². The van der Waals surface area contributed by atoms with Gasteiger partial charge in [-0.15, -0.1) is 0 Å². The van der Waals surface area contributed by atoms with E-state index < -0.39 is 4.92 Å². The van der Waals surface area contributed by atoms with Crippen LogP contribution in [0.25, 0.3) is 0 Å². The summed E-state index contributed by atoms with van der Waals surface area (Å²) in [6.45, 7) is 8.91. The molecule has 0 bridgehead atoms. The molecule has 1 fully saturated rings. The van der Waals surface area contributed by atoms with Crippen LogP contribution >= 0.6 is 0 Å². The Morgan fingerprint density at radius 2 is 2.18 bits per heavy atom. The standard InChI is InChI=1S/C16H23N3O3/c1-11-14(8-13(10-17-11)19(21)22)15(20)18-7-5-6-12(18)9-16(2,3)4/h8,10,12H,5-7,9H2,1-4H3/t12-/m1/s1. The molecule has 120 valence electrons. The van der Waals surface area contributed by atoms with Crippen LogP contribution in [0.3, 0.4) is 0 Å². The number of carbonyl (C=O) groups excluding carboxylic acids is 1. The molecule has 1 aromatic heterocycles. The number of aromatic nitrogens is 1. The number of aryl methyl sites for hydroxylation is 1. The van der Waals surface area contributed by atoms with Crippen LogP contribution in [-0.4, -0.2) is 33.3 Å². The second-order valence-electron chi connectivity index (χ2n) is 7.14. The molecule has 0 saturated carbocycles. The molecule has 1 atom stereocenters. The molecule has 6 heteroatoms. The summed E-state index contributed by atoms with van der Waals surface area (Å²) in [7, 11) is 0. The van der Waals surface area contributed by atoms with Crippen LogP contribution < -0.4 is 0 Å². The molecular weight excluding hydrogens is 282 g/mol. The van der Waals surface area contributed by atoms with Crippen molar-refractivity contribution in [2.45, 2.75) is 53.0 Å². The van der Waals surface area contributed by atoms with Gasteiger partial charge in [-0.3, -0.25) is 19.9 Å². The fraction of sp³-hybridized carbons (Fsp3) is 0.625. The van der Waals surface area contributed by atoms with Crippen molar-refractivity contribution in [3.05, 3.63) is 33.6 Å². The molecule has 0 aliphatic carbocycles. The van der Waals surface area contributed by atoms with Gasteiger partial charge in [0.2, 0.25) is 0 Å². The highest BCUT2D eigenvalue weighted by Gasteiger charge is 2.33. The Morgan fingerprint density at radius 1 is 1.50 bits per heavy atom. The Labute approximate surface area is 130 Å². The third-order valence-corrected chi connectivity index (χ3v) is 4.00. The Hall–Kier alpha value is -1.98. The van der Waals surface area contributed by atoms with Crippen LogP contribution in [0, 0.1) is 22.5 Å². The Kier molecular flexibility index (Phi) is 4.49. The molecule has 0 N–H and O–H groups in total. The largest absolute Gasteiger partial charge is 0.336 e. The Morgan fingerprint density at radius 3 is 2.77 bits per heavy atom. The highest BCUT2D eigenvalue weighted by molar-refractivity contribution is 5.96. The van der Waals surface area contributed by atoms with Gasteiger partial charge in [0.1, 0.15) is 6.20 Å². The van der Waals surface area contributed by atoms with E-state index in [2.05, 4.69) is 25.8 Å². The molecule has 1 aliphatic heterocycles. The summed E-state index contributed by atoms with van der Waals surface area (Å²) in [4.78, 5) is 29.1. The molecule has 2 heterocycles. The first-order valence-electron chi connectivity index (χ1n) is 7.61. The number of pyridine rings is 1. The summed E-state index contributed by atoms with van der Waals surface area (Å²) in [6.07, 6.45) is 4.10. The van der Waals surface area contributed by atoms with Crippen LogP contribution in [-0.2, 0) is 0 Å². The summed E-state index contributed by atoms with van der Waals surface area (Å²) in [6, 6.07) is 1.54. The van der Waals surface area contributed by atoms with Gasteiger partial charge in [-0.1, -0.05) is 20.8 Å². The topological polar surface area (TPSA) is 76.3 Å². The van der Waals surface area contributed by atoms with Crippen molar-refractivity contribution >= 4 is 11.6 Å². The minimum atomic E-state index is -0.514. The van der Waals surface area contributed by atoms with E-state index in [-0.39, 0.29) is 23.1 Å². The van der Waals surface area contributed by atoms with E-state index in [9.17, 15) is 14.9 Å². The maximum Gasteiger partial charge on any atom is 0.288 e. The van der Waals surface area contributed by atoms with Gasteiger partial charge in [0, 0.05) is 18.7 Å². The molecule has 2 rings (SSSR count). The molecule has 1 amide bonds. The summed E-state index contributed by atoms with van der Waals surface area (Å²) < 4.78 is 0. The first-order valence-corrected chi connectivity index (χ1v) is 7.61. The van der Waals surface area contributed by atoms with Crippen molar-refractivity contribution in [1.29, 1.82) is 0 Å². The number of amides is 1. The first kappa shape index (κ1) is 16.4. The minimum absolute atomic E-state index is 0.138. The Balaban J connectivity index is 2.27. The molecule has 0 spiro atoms. The van der Waals surface area contributed by atoms with Crippen molar-refractivity contribution in [1.82, 2.24) is 9.88 Å². The molecule has 0 unspecified atom stereocenters. The van der Waals surface area contributed by atoms with Crippen LogP contribution in [0.2, 0.25) is 0 Å². The van der Waals surface area contributed by atoms with Crippen molar-refractivity contribution in [3.63, 3.8) is 0 Å². The van der Waals surface area contributed by atoms with Crippen molar-refractivity contribution in [3.8, 4) is 0 Å². The third-order valence-electron chi connectivity index (χ3n) is 4.00. The fourth-order valence-electron chi connectivity index (χ4n) is 3.02. The highest BCUT2D eigenvalue weighted by Crippen LogP contribution is 2.31. The predicted octanol–water partition coefficient (Wildman–Crippen LogP) is 3.34. The molecular formula is C16H23N3O3. The molecule has 6 nitrogen and oxygen atoms in total.